The van der Waals surface area contributed by atoms with Crippen molar-refractivity contribution in [2.75, 3.05) is 26.0 Å². The third kappa shape index (κ3) is 3.50. The first-order chi connectivity index (χ1) is 8.42. The van der Waals surface area contributed by atoms with Gasteiger partial charge in [-0.2, -0.15) is 4.31 Å². The minimum Gasteiger partial charge on any atom is -0.385 e. The Balaban J connectivity index is 2.82. The number of nitrogens with zero attached hydrogens (tertiary/aromatic N) is 1. The number of carbonyl (C=O) groups is 2. The van der Waals surface area contributed by atoms with E-state index in [9.17, 15) is 18.0 Å². The monoisotopic (exact) mass is 278 g/mol. The summed E-state index contributed by atoms with van der Waals surface area (Å²) in [5.74, 6) is -1.26. The van der Waals surface area contributed by atoms with Crippen LogP contribution >= 0.6 is 0 Å². The number of ether oxygens (including phenoxy) is 1. The number of methoxy groups -OCH3 is 1. The van der Waals surface area contributed by atoms with Gasteiger partial charge in [-0.25, -0.2) is 8.42 Å². The summed E-state index contributed by atoms with van der Waals surface area (Å²) in [4.78, 5) is 22.8. The maximum atomic E-state index is 12.1. The SMILES string of the molecule is CCC1C(=O)NC(=O)CN1S(=O)(=O)CCCOC. The van der Waals surface area contributed by atoms with Crippen molar-refractivity contribution >= 4 is 21.8 Å². The van der Waals surface area contributed by atoms with Crippen molar-refractivity contribution in [1.82, 2.24) is 9.62 Å². The molecule has 1 N–H and O–H groups in total. The van der Waals surface area contributed by atoms with Crippen molar-refractivity contribution in [1.29, 1.82) is 0 Å². The van der Waals surface area contributed by atoms with E-state index >= 15 is 0 Å². The zero-order valence-electron chi connectivity index (χ0n) is 10.5. The Bertz CT molecular complexity index is 420. The van der Waals surface area contributed by atoms with Crippen molar-refractivity contribution in [3.8, 4) is 0 Å². The highest BCUT2D eigenvalue weighted by atomic mass is 32.2. The van der Waals surface area contributed by atoms with Crippen molar-refractivity contribution in [3.05, 3.63) is 0 Å². The average molecular weight is 278 g/mol. The molecule has 18 heavy (non-hydrogen) atoms. The van der Waals surface area contributed by atoms with Crippen LogP contribution in [0.3, 0.4) is 0 Å². The number of piperazine rings is 1. The van der Waals surface area contributed by atoms with E-state index in [-0.39, 0.29) is 12.3 Å². The molecule has 0 spiro atoms. The van der Waals surface area contributed by atoms with Gasteiger partial charge in [-0.15, -0.1) is 0 Å². The van der Waals surface area contributed by atoms with Gasteiger partial charge in [0.1, 0.15) is 6.04 Å². The molecule has 0 aliphatic carbocycles. The van der Waals surface area contributed by atoms with Gasteiger partial charge in [0, 0.05) is 13.7 Å². The van der Waals surface area contributed by atoms with Crippen molar-refractivity contribution in [3.63, 3.8) is 0 Å². The second kappa shape index (κ2) is 6.26. The molecule has 104 valence electrons. The van der Waals surface area contributed by atoms with E-state index in [4.69, 9.17) is 4.74 Å². The van der Waals surface area contributed by atoms with Gasteiger partial charge < -0.3 is 4.74 Å². The maximum absolute atomic E-state index is 12.1. The lowest BCUT2D eigenvalue weighted by atomic mass is 10.2. The molecular formula is C10H18N2O5S. The summed E-state index contributed by atoms with van der Waals surface area (Å²) >= 11 is 0. The van der Waals surface area contributed by atoms with Gasteiger partial charge in [0.25, 0.3) is 0 Å². The quantitative estimate of drug-likeness (QED) is 0.501. The van der Waals surface area contributed by atoms with Gasteiger partial charge >= 0.3 is 0 Å². The predicted molar refractivity (Wildman–Crippen MR) is 64.2 cm³/mol. The number of amides is 2. The Labute approximate surface area is 107 Å². The zero-order chi connectivity index (χ0) is 13.8. The van der Waals surface area contributed by atoms with Gasteiger partial charge in [-0.05, 0) is 12.8 Å². The molecule has 1 atom stereocenters. The third-order valence-corrected chi connectivity index (χ3v) is 4.61. The Morgan fingerprint density at radius 1 is 1.44 bits per heavy atom. The van der Waals surface area contributed by atoms with E-state index < -0.39 is 27.9 Å². The fourth-order valence-electron chi connectivity index (χ4n) is 1.83. The molecule has 8 heteroatoms. The summed E-state index contributed by atoms with van der Waals surface area (Å²) in [6.07, 6.45) is 0.671. The molecular weight excluding hydrogens is 260 g/mol. The number of hydrogen-bond acceptors (Lipinski definition) is 5. The number of hydrogen-bond donors (Lipinski definition) is 1. The standard InChI is InChI=1S/C10H18N2O5S/c1-3-8-10(14)11-9(13)7-12(8)18(15,16)6-4-5-17-2/h8H,3-7H2,1-2H3,(H,11,13,14). The summed E-state index contributed by atoms with van der Waals surface area (Å²) < 4.78 is 29.9. The minimum atomic E-state index is -3.61. The second-order valence-electron chi connectivity index (χ2n) is 4.04. The van der Waals surface area contributed by atoms with Gasteiger partial charge in [0.05, 0.1) is 12.3 Å². The topological polar surface area (TPSA) is 92.8 Å². The van der Waals surface area contributed by atoms with Crippen molar-refractivity contribution in [2.45, 2.75) is 25.8 Å². The molecule has 7 nitrogen and oxygen atoms in total. The summed E-state index contributed by atoms with van der Waals surface area (Å²) in [7, 11) is -2.13. The lowest BCUT2D eigenvalue weighted by Gasteiger charge is -2.32. The first-order valence-corrected chi connectivity index (χ1v) is 7.35. The number of nitrogens with one attached hydrogen (secondary N) is 1. The molecule has 1 unspecified atom stereocenters. The molecule has 1 rings (SSSR count). The first kappa shape index (κ1) is 15.1. The molecule has 0 aromatic carbocycles. The number of imide groups is 1. The van der Waals surface area contributed by atoms with Crippen LogP contribution in [0.2, 0.25) is 0 Å². The minimum absolute atomic E-state index is 0.127. The number of rotatable bonds is 6. The Morgan fingerprint density at radius 2 is 2.11 bits per heavy atom. The second-order valence-corrected chi connectivity index (χ2v) is 6.09. The van der Waals surface area contributed by atoms with E-state index in [0.717, 1.165) is 4.31 Å². The highest BCUT2D eigenvalue weighted by Gasteiger charge is 2.39. The van der Waals surface area contributed by atoms with Gasteiger partial charge in [0.15, 0.2) is 0 Å². The molecule has 0 aromatic rings. The van der Waals surface area contributed by atoms with Gasteiger partial charge in [-0.1, -0.05) is 6.92 Å². The summed E-state index contributed by atoms with van der Waals surface area (Å²) in [6.45, 7) is 1.74. The molecule has 0 aromatic heterocycles. The summed E-state index contributed by atoms with van der Waals surface area (Å²) in [5, 5.41) is 2.14. The van der Waals surface area contributed by atoms with E-state index in [1.807, 2.05) is 0 Å². The van der Waals surface area contributed by atoms with Gasteiger partial charge in [0.2, 0.25) is 21.8 Å². The van der Waals surface area contributed by atoms with Crippen molar-refractivity contribution < 1.29 is 22.7 Å². The molecule has 1 saturated heterocycles. The highest BCUT2D eigenvalue weighted by molar-refractivity contribution is 7.89. The van der Waals surface area contributed by atoms with Crippen LogP contribution in [0.25, 0.3) is 0 Å². The lowest BCUT2D eigenvalue weighted by Crippen LogP contribution is -2.59. The van der Waals surface area contributed by atoms with Crippen LogP contribution in [0.15, 0.2) is 0 Å². The fraction of sp³-hybridized carbons (Fsp3) is 0.800. The Kier molecular flexibility index (Phi) is 5.24. The Hall–Kier alpha value is -0.990. The lowest BCUT2D eigenvalue weighted by molar-refractivity contribution is -0.137. The number of sulfonamides is 1. The first-order valence-electron chi connectivity index (χ1n) is 5.74. The fourth-order valence-corrected chi connectivity index (χ4v) is 3.49. The molecule has 0 bridgehead atoms. The van der Waals surface area contributed by atoms with Gasteiger partial charge in [-0.3, -0.25) is 14.9 Å². The van der Waals surface area contributed by atoms with Crippen LogP contribution in [0, 0.1) is 0 Å². The third-order valence-electron chi connectivity index (χ3n) is 2.71. The summed E-state index contributed by atoms with van der Waals surface area (Å²) in [5.41, 5.74) is 0. The zero-order valence-corrected chi connectivity index (χ0v) is 11.3. The maximum Gasteiger partial charge on any atom is 0.245 e. The van der Waals surface area contributed by atoms with E-state index in [1.54, 1.807) is 6.92 Å². The highest BCUT2D eigenvalue weighted by Crippen LogP contribution is 2.15. The van der Waals surface area contributed by atoms with Crippen LogP contribution in [0.4, 0.5) is 0 Å². The smallest absolute Gasteiger partial charge is 0.245 e. The Morgan fingerprint density at radius 3 is 2.67 bits per heavy atom. The summed E-state index contributed by atoms with van der Waals surface area (Å²) in [6, 6.07) is -0.796. The van der Waals surface area contributed by atoms with Crippen LogP contribution in [-0.2, 0) is 24.3 Å². The van der Waals surface area contributed by atoms with Crippen LogP contribution in [-0.4, -0.2) is 56.6 Å². The molecule has 1 aliphatic heterocycles. The normalized spacial score (nSPS) is 22.0. The molecule has 1 fully saturated rings. The number of carbonyl (C=O) groups excluding carboxylic acids is 2. The van der Waals surface area contributed by atoms with Crippen molar-refractivity contribution in [2.24, 2.45) is 0 Å². The molecule has 1 aliphatic rings. The van der Waals surface area contributed by atoms with Crippen LogP contribution < -0.4 is 5.32 Å². The van der Waals surface area contributed by atoms with E-state index in [0.29, 0.717) is 19.4 Å². The average Bonchev–Trinajstić information content (AvgIpc) is 2.28. The molecule has 0 saturated carbocycles. The molecule has 2 amide bonds. The molecule has 1 heterocycles. The van der Waals surface area contributed by atoms with Crippen LogP contribution in [0.1, 0.15) is 19.8 Å². The molecule has 0 radical (unpaired) electrons. The van der Waals surface area contributed by atoms with Crippen LogP contribution in [0.5, 0.6) is 0 Å². The van der Waals surface area contributed by atoms with E-state index in [2.05, 4.69) is 5.32 Å². The predicted octanol–water partition coefficient (Wildman–Crippen LogP) is -0.910. The largest absolute Gasteiger partial charge is 0.385 e. The van der Waals surface area contributed by atoms with E-state index in [1.165, 1.54) is 7.11 Å².